The number of hydrogen-bond acceptors (Lipinski definition) is 5. The normalized spacial score (nSPS) is 11.6. The standard InChI is InChI=1S/C16H12FN3O3/c17-12-3-1-10(2-4-12)7-11-5-6-23-15(11)13(21)8-14(22)16-18-9-19-20-16/h1-6,8-9,22H,7H2,(H,18,19,20)/b14-8+. The molecule has 0 saturated heterocycles. The zero-order valence-electron chi connectivity index (χ0n) is 11.9. The number of aliphatic hydroxyl groups is 1. The molecule has 2 aromatic heterocycles. The second-order valence-electron chi connectivity index (χ2n) is 4.81. The number of halogens is 1. The second kappa shape index (κ2) is 6.27. The maximum Gasteiger partial charge on any atom is 0.225 e. The number of benzene rings is 1. The van der Waals surface area contributed by atoms with Crippen molar-refractivity contribution in [2.24, 2.45) is 0 Å². The molecule has 0 atom stereocenters. The number of furan rings is 1. The van der Waals surface area contributed by atoms with E-state index >= 15 is 0 Å². The van der Waals surface area contributed by atoms with Gasteiger partial charge >= 0.3 is 0 Å². The van der Waals surface area contributed by atoms with Gasteiger partial charge in [-0.25, -0.2) is 9.37 Å². The van der Waals surface area contributed by atoms with Gasteiger partial charge in [-0.05, 0) is 23.8 Å². The lowest BCUT2D eigenvalue weighted by atomic mass is 10.0. The minimum absolute atomic E-state index is 0.0880. The molecule has 6 nitrogen and oxygen atoms in total. The van der Waals surface area contributed by atoms with Crippen LogP contribution in [-0.2, 0) is 6.42 Å². The third kappa shape index (κ3) is 3.34. The molecule has 0 fully saturated rings. The lowest BCUT2D eigenvalue weighted by molar-refractivity contribution is 0.102. The zero-order valence-corrected chi connectivity index (χ0v) is 11.9. The first-order valence-electron chi connectivity index (χ1n) is 6.75. The molecule has 2 N–H and O–H groups in total. The van der Waals surface area contributed by atoms with Crippen LogP contribution in [0.4, 0.5) is 4.39 Å². The molecule has 0 saturated carbocycles. The fourth-order valence-electron chi connectivity index (χ4n) is 2.10. The number of H-pyrrole nitrogens is 1. The Labute approximate surface area is 130 Å². The monoisotopic (exact) mass is 313 g/mol. The largest absolute Gasteiger partial charge is 0.504 e. The van der Waals surface area contributed by atoms with Crippen molar-refractivity contribution >= 4 is 11.5 Å². The summed E-state index contributed by atoms with van der Waals surface area (Å²) in [6.07, 6.45) is 4.03. The van der Waals surface area contributed by atoms with Crippen LogP contribution in [0.3, 0.4) is 0 Å². The van der Waals surface area contributed by atoms with Gasteiger partial charge in [-0.2, -0.15) is 5.10 Å². The van der Waals surface area contributed by atoms with Gasteiger partial charge in [0.05, 0.1) is 6.26 Å². The molecule has 3 aromatic rings. The summed E-state index contributed by atoms with van der Waals surface area (Å²) < 4.78 is 18.1. The van der Waals surface area contributed by atoms with Crippen LogP contribution in [0, 0.1) is 5.82 Å². The molecule has 116 valence electrons. The highest BCUT2D eigenvalue weighted by Crippen LogP contribution is 2.18. The highest BCUT2D eigenvalue weighted by molar-refractivity contribution is 6.06. The molecule has 1 aromatic carbocycles. The molecule has 0 unspecified atom stereocenters. The van der Waals surface area contributed by atoms with Gasteiger partial charge in [0.1, 0.15) is 12.1 Å². The number of aromatic amines is 1. The zero-order chi connectivity index (χ0) is 16.2. The molecule has 0 aliphatic rings. The van der Waals surface area contributed by atoms with E-state index < -0.39 is 5.78 Å². The van der Waals surface area contributed by atoms with Gasteiger partial charge in [0.25, 0.3) is 0 Å². The van der Waals surface area contributed by atoms with Crippen LogP contribution < -0.4 is 0 Å². The van der Waals surface area contributed by atoms with E-state index in [0.29, 0.717) is 12.0 Å². The minimum atomic E-state index is -0.499. The number of nitrogens with zero attached hydrogens (tertiary/aromatic N) is 2. The number of carbonyl (C=O) groups excluding carboxylic acids is 1. The molecule has 2 heterocycles. The second-order valence-corrected chi connectivity index (χ2v) is 4.81. The van der Waals surface area contributed by atoms with Crippen molar-refractivity contribution in [1.82, 2.24) is 15.2 Å². The molecule has 0 radical (unpaired) electrons. The number of hydrogen-bond donors (Lipinski definition) is 2. The smallest absolute Gasteiger partial charge is 0.225 e. The quantitative estimate of drug-likeness (QED) is 0.429. The summed E-state index contributed by atoms with van der Waals surface area (Å²) >= 11 is 0. The lowest BCUT2D eigenvalue weighted by Gasteiger charge is -2.01. The van der Waals surface area contributed by atoms with Crippen LogP contribution >= 0.6 is 0 Å². The number of aliphatic hydroxyl groups excluding tert-OH is 1. The van der Waals surface area contributed by atoms with Crippen LogP contribution in [0.15, 0.2) is 53.4 Å². The summed E-state index contributed by atoms with van der Waals surface area (Å²) in [5.74, 6) is -0.958. The first-order chi connectivity index (χ1) is 11.1. The van der Waals surface area contributed by atoms with E-state index in [-0.39, 0.29) is 23.2 Å². The fourth-order valence-corrected chi connectivity index (χ4v) is 2.10. The minimum Gasteiger partial charge on any atom is -0.504 e. The summed E-state index contributed by atoms with van der Waals surface area (Å²) in [6.45, 7) is 0. The number of carbonyl (C=O) groups is 1. The summed E-state index contributed by atoms with van der Waals surface area (Å²) in [5, 5.41) is 15.9. The fraction of sp³-hybridized carbons (Fsp3) is 0.0625. The van der Waals surface area contributed by atoms with E-state index in [1.807, 2.05) is 0 Å². The van der Waals surface area contributed by atoms with Gasteiger partial charge < -0.3 is 9.52 Å². The Hall–Kier alpha value is -3.22. The summed E-state index contributed by atoms with van der Waals surface area (Å²) in [6, 6.07) is 7.64. The molecular formula is C16H12FN3O3. The number of allylic oxidation sites excluding steroid dienone is 1. The van der Waals surface area contributed by atoms with Crippen molar-refractivity contribution in [2.45, 2.75) is 6.42 Å². The lowest BCUT2D eigenvalue weighted by Crippen LogP contribution is -2.00. The number of aromatic nitrogens is 3. The van der Waals surface area contributed by atoms with E-state index in [1.165, 1.54) is 24.7 Å². The van der Waals surface area contributed by atoms with E-state index in [2.05, 4.69) is 15.2 Å². The van der Waals surface area contributed by atoms with Gasteiger partial charge in [0.2, 0.25) is 5.78 Å². The van der Waals surface area contributed by atoms with Crippen molar-refractivity contribution in [3.05, 3.63) is 77.5 Å². The van der Waals surface area contributed by atoms with Crippen molar-refractivity contribution in [3.63, 3.8) is 0 Å². The Balaban J connectivity index is 1.81. The van der Waals surface area contributed by atoms with Gasteiger partial charge in [-0.1, -0.05) is 12.1 Å². The molecule has 0 aliphatic heterocycles. The summed E-state index contributed by atoms with van der Waals surface area (Å²) in [7, 11) is 0. The summed E-state index contributed by atoms with van der Waals surface area (Å²) in [4.78, 5) is 16.0. The average Bonchev–Trinajstić information content (AvgIpc) is 3.20. The molecular weight excluding hydrogens is 301 g/mol. The molecule has 0 aliphatic carbocycles. The van der Waals surface area contributed by atoms with Crippen LogP contribution in [0.1, 0.15) is 27.5 Å². The van der Waals surface area contributed by atoms with Crippen molar-refractivity contribution in [2.75, 3.05) is 0 Å². The van der Waals surface area contributed by atoms with E-state index in [9.17, 15) is 14.3 Å². The number of ketones is 1. The maximum atomic E-state index is 12.9. The predicted molar refractivity (Wildman–Crippen MR) is 79.2 cm³/mol. The van der Waals surface area contributed by atoms with Crippen molar-refractivity contribution in [1.29, 1.82) is 0 Å². The van der Waals surface area contributed by atoms with Gasteiger partial charge in [-0.3, -0.25) is 9.89 Å². The molecule has 0 amide bonds. The van der Waals surface area contributed by atoms with Gasteiger partial charge in [0, 0.05) is 18.1 Å². The third-order valence-corrected chi connectivity index (χ3v) is 3.20. The Morgan fingerprint density at radius 1 is 1.30 bits per heavy atom. The van der Waals surface area contributed by atoms with Crippen LogP contribution in [0.25, 0.3) is 5.76 Å². The van der Waals surface area contributed by atoms with E-state index in [0.717, 1.165) is 11.6 Å². The van der Waals surface area contributed by atoms with Crippen LogP contribution in [-0.4, -0.2) is 26.1 Å². The first-order valence-corrected chi connectivity index (χ1v) is 6.75. The van der Waals surface area contributed by atoms with E-state index in [1.54, 1.807) is 18.2 Å². The van der Waals surface area contributed by atoms with Gasteiger partial charge in [0.15, 0.2) is 17.3 Å². The van der Waals surface area contributed by atoms with Crippen LogP contribution in [0.5, 0.6) is 0 Å². The highest BCUT2D eigenvalue weighted by Gasteiger charge is 2.16. The molecule has 23 heavy (non-hydrogen) atoms. The Bertz CT molecular complexity index is 836. The SMILES string of the molecule is O=C(/C=C(/O)c1ncn[nH]1)c1occc1Cc1ccc(F)cc1. The molecule has 7 heteroatoms. The molecule has 0 bridgehead atoms. The topological polar surface area (TPSA) is 92.0 Å². The summed E-state index contributed by atoms with van der Waals surface area (Å²) in [5.41, 5.74) is 1.48. The van der Waals surface area contributed by atoms with Crippen LogP contribution in [0.2, 0.25) is 0 Å². The maximum absolute atomic E-state index is 12.9. The number of nitrogens with one attached hydrogen (secondary N) is 1. The molecule has 0 spiro atoms. The highest BCUT2D eigenvalue weighted by atomic mass is 19.1. The predicted octanol–water partition coefficient (Wildman–Crippen LogP) is 2.91. The first kappa shape index (κ1) is 14.7. The average molecular weight is 313 g/mol. The van der Waals surface area contributed by atoms with Gasteiger partial charge in [-0.15, -0.1) is 0 Å². The molecule has 3 rings (SSSR count). The van der Waals surface area contributed by atoms with E-state index in [4.69, 9.17) is 4.42 Å². The van der Waals surface area contributed by atoms with Crippen molar-refractivity contribution < 1.29 is 18.7 Å². The number of rotatable bonds is 5. The Morgan fingerprint density at radius 3 is 2.78 bits per heavy atom. The van der Waals surface area contributed by atoms with Crippen molar-refractivity contribution in [3.8, 4) is 0 Å². The third-order valence-electron chi connectivity index (χ3n) is 3.20. The Kier molecular flexibility index (Phi) is 4.01. The Morgan fingerprint density at radius 2 is 2.09 bits per heavy atom.